The van der Waals surface area contributed by atoms with E-state index in [1.165, 1.54) is 0 Å². The van der Waals surface area contributed by atoms with Crippen LogP contribution in [0.1, 0.15) is 55.6 Å². The van der Waals surface area contributed by atoms with Crippen molar-refractivity contribution in [1.29, 1.82) is 0 Å². The number of pyridine rings is 2. The van der Waals surface area contributed by atoms with E-state index >= 15 is 0 Å². The normalized spacial score (nSPS) is 11.9. The highest BCUT2D eigenvalue weighted by atomic mass is 35.5. The van der Waals surface area contributed by atoms with Crippen molar-refractivity contribution in [2.24, 2.45) is 9.98 Å². The van der Waals surface area contributed by atoms with Crippen LogP contribution in [0.15, 0.2) is 108 Å². The predicted molar refractivity (Wildman–Crippen MR) is 248 cm³/mol. The molecule has 4 N–H and O–H groups in total. The van der Waals surface area contributed by atoms with Crippen LogP contribution >= 0.6 is 23.2 Å². The number of aromatic nitrogens is 2. The van der Waals surface area contributed by atoms with Crippen molar-refractivity contribution >= 4 is 41.6 Å². The average Bonchev–Trinajstić information content (AvgIpc) is 3.28. The summed E-state index contributed by atoms with van der Waals surface area (Å²) in [6.07, 6.45) is 8.68. The van der Waals surface area contributed by atoms with Crippen molar-refractivity contribution in [2.75, 3.05) is 20.6 Å². The first-order valence-corrected chi connectivity index (χ1v) is 21.0. The van der Waals surface area contributed by atoms with Crippen LogP contribution < -0.4 is 24.3 Å². The fourth-order valence-corrected chi connectivity index (χ4v) is 7.33. The lowest BCUT2D eigenvalue weighted by molar-refractivity contribution is -0.146. The first-order valence-electron chi connectivity index (χ1n) is 20.3. The quantitative estimate of drug-likeness (QED) is 0.0510. The lowest BCUT2D eigenvalue weighted by Gasteiger charge is -2.19. The number of halogens is 2. The molecule has 0 saturated carbocycles. The molecule has 13 nitrogen and oxygen atoms in total. The Labute approximate surface area is 382 Å². The summed E-state index contributed by atoms with van der Waals surface area (Å²) in [6, 6.07) is 22.7. The summed E-state index contributed by atoms with van der Waals surface area (Å²) in [6.45, 7) is 4.66. The summed E-state index contributed by atoms with van der Waals surface area (Å²) in [5.74, 6) is 0.393. The molecule has 0 fully saturated rings. The third kappa shape index (κ3) is 12.4. The molecule has 0 aliphatic heterocycles. The molecule has 6 rings (SSSR count). The zero-order valence-electron chi connectivity index (χ0n) is 35.8. The van der Waals surface area contributed by atoms with Gasteiger partial charge in [-0.1, -0.05) is 59.6 Å². The smallest absolute Gasteiger partial charge is 0.333 e. The third-order valence-corrected chi connectivity index (χ3v) is 10.9. The van der Waals surface area contributed by atoms with Gasteiger partial charge >= 0.3 is 5.97 Å². The number of hydrogen-bond donors (Lipinski definition) is 4. The summed E-state index contributed by atoms with van der Waals surface area (Å²) in [7, 11) is 3.38. The van der Waals surface area contributed by atoms with Gasteiger partial charge in [-0.2, -0.15) is 0 Å². The molecule has 0 amide bonds. The topological polar surface area (TPSA) is 177 Å². The molecule has 0 spiro atoms. The number of aliphatic hydroxyl groups is 2. The summed E-state index contributed by atoms with van der Waals surface area (Å²) < 4.78 is 25.0. The van der Waals surface area contributed by atoms with Crippen molar-refractivity contribution < 1.29 is 39.1 Å². The lowest BCUT2D eigenvalue weighted by atomic mass is 9.92. The molecular formula is C49H49Cl2N5O8. The minimum atomic E-state index is -1.57. The number of aliphatic hydroxyl groups excluding tert-OH is 2. The lowest BCUT2D eigenvalue weighted by Crippen LogP contribution is -2.32. The maximum atomic E-state index is 11.2. The summed E-state index contributed by atoms with van der Waals surface area (Å²) in [5, 5.41) is 32.6. The second kappa shape index (κ2) is 22.8. The Hall–Kier alpha value is -6.35. The standard InChI is InChI=1S/C49H49Cl2N5O8/c1-30-36(28-63-47-15-45(61-26-34-11-32(17-52-3)19-54-21-34)38(13-42(47)50)23-56-24-44(58)49(59)60)7-5-9-40(30)41-10-6-8-37(31(41)2)29-64-48-16-46(39(25-57)14-43(48)51)62-27-35-12-33(18-53-4)20-55-22-35/h5-22,44,56-58H,23-29H2,1-4H3,(H,59,60)/b52-17+,53-18+. The highest BCUT2D eigenvalue weighted by Crippen LogP contribution is 2.37. The number of aliphatic imine (C=N–C) groups is 2. The molecule has 2 aromatic heterocycles. The van der Waals surface area contributed by atoms with Gasteiger partial charge in [0.25, 0.3) is 0 Å². The second-order valence-electron chi connectivity index (χ2n) is 14.8. The Morgan fingerprint density at radius 3 is 1.61 bits per heavy atom. The molecule has 6 aromatic rings. The Balaban J connectivity index is 1.17. The minimum absolute atomic E-state index is 0.174. The first-order chi connectivity index (χ1) is 31.0. The average molecular weight is 907 g/mol. The molecule has 64 heavy (non-hydrogen) atoms. The van der Waals surface area contributed by atoms with E-state index in [-0.39, 0.29) is 46.1 Å². The molecule has 1 unspecified atom stereocenters. The van der Waals surface area contributed by atoms with E-state index in [0.29, 0.717) is 44.2 Å². The molecular weight excluding hydrogens is 857 g/mol. The maximum absolute atomic E-state index is 11.2. The van der Waals surface area contributed by atoms with Crippen LogP contribution in [0.4, 0.5) is 0 Å². The van der Waals surface area contributed by atoms with Crippen LogP contribution in [0.25, 0.3) is 11.1 Å². The molecule has 15 heteroatoms. The highest BCUT2D eigenvalue weighted by molar-refractivity contribution is 6.32. The molecule has 2 heterocycles. The van der Waals surface area contributed by atoms with Crippen LogP contribution in [-0.4, -0.2) is 70.4 Å². The third-order valence-electron chi connectivity index (χ3n) is 10.3. The molecule has 0 radical (unpaired) electrons. The fourth-order valence-electron chi connectivity index (χ4n) is 6.84. The number of carboxylic acids is 1. The molecule has 1 atom stereocenters. The Morgan fingerprint density at radius 2 is 1.14 bits per heavy atom. The number of hydrogen-bond acceptors (Lipinski definition) is 12. The van der Waals surface area contributed by atoms with Gasteiger partial charge in [-0.05, 0) is 71.5 Å². The van der Waals surface area contributed by atoms with E-state index in [4.69, 9.17) is 47.3 Å². The van der Waals surface area contributed by atoms with Gasteiger partial charge in [0.1, 0.15) is 49.4 Å². The van der Waals surface area contributed by atoms with E-state index < -0.39 is 12.1 Å². The zero-order chi connectivity index (χ0) is 45.6. The fraction of sp³-hybridized carbons (Fsp3) is 0.245. The van der Waals surface area contributed by atoms with E-state index in [0.717, 1.165) is 55.6 Å². The van der Waals surface area contributed by atoms with Gasteiger partial charge in [0.05, 0.1) is 16.7 Å². The number of aliphatic carboxylic acids is 1. The maximum Gasteiger partial charge on any atom is 0.333 e. The number of nitrogens with one attached hydrogen (secondary N) is 1. The Bertz CT molecular complexity index is 2640. The van der Waals surface area contributed by atoms with Crippen molar-refractivity contribution in [3.05, 3.63) is 163 Å². The Kier molecular flexibility index (Phi) is 16.8. The van der Waals surface area contributed by atoms with E-state index in [2.05, 4.69) is 44.3 Å². The van der Waals surface area contributed by atoms with Crippen LogP contribution in [0.3, 0.4) is 0 Å². The monoisotopic (exact) mass is 905 g/mol. The van der Waals surface area contributed by atoms with Gasteiger partial charge < -0.3 is 39.6 Å². The van der Waals surface area contributed by atoms with Crippen LogP contribution in [0.5, 0.6) is 23.0 Å². The summed E-state index contributed by atoms with van der Waals surface area (Å²) >= 11 is 13.4. The largest absolute Gasteiger partial charge is 0.488 e. The molecule has 0 aliphatic carbocycles. The number of rotatable bonds is 21. The van der Waals surface area contributed by atoms with Crippen LogP contribution in [0.2, 0.25) is 10.0 Å². The Morgan fingerprint density at radius 1 is 0.672 bits per heavy atom. The SMILES string of the molecule is C/N=C/c1cncc(COc2cc(OCc3cccc(-c4cccc(COc5cc(OCc6cncc(/C=N/C)c6)c(CNCC(O)C(=O)O)cc5Cl)c4C)c3C)c(Cl)cc2CO)c1. The van der Waals surface area contributed by atoms with Crippen molar-refractivity contribution in [1.82, 2.24) is 15.3 Å². The van der Waals surface area contributed by atoms with Crippen LogP contribution in [-0.2, 0) is 44.4 Å². The van der Waals surface area contributed by atoms with Gasteiger partial charge in [-0.15, -0.1) is 0 Å². The van der Waals surface area contributed by atoms with Crippen LogP contribution in [0, 0.1) is 13.8 Å². The number of ether oxygens (including phenoxy) is 4. The highest BCUT2D eigenvalue weighted by Gasteiger charge is 2.18. The van der Waals surface area contributed by atoms with Gasteiger partial charge in [0.2, 0.25) is 0 Å². The molecule has 332 valence electrons. The molecule has 0 saturated heterocycles. The van der Waals surface area contributed by atoms with Gasteiger partial charge in [-0.3, -0.25) is 20.0 Å². The van der Waals surface area contributed by atoms with E-state index in [1.54, 1.807) is 75.6 Å². The number of carbonyl (C=O) groups is 1. The van der Waals surface area contributed by atoms with Gasteiger partial charge in [0, 0.05) is 110 Å². The van der Waals surface area contributed by atoms with Crippen molar-refractivity contribution in [3.63, 3.8) is 0 Å². The van der Waals surface area contributed by atoms with Gasteiger partial charge in [0.15, 0.2) is 6.10 Å². The van der Waals surface area contributed by atoms with Gasteiger partial charge in [-0.25, -0.2) is 4.79 Å². The number of benzene rings is 4. The second-order valence-corrected chi connectivity index (χ2v) is 15.6. The van der Waals surface area contributed by atoms with Crippen molar-refractivity contribution in [3.8, 4) is 34.1 Å². The number of carboxylic acid groups (broad SMARTS) is 1. The first kappa shape index (κ1) is 47.1. The summed E-state index contributed by atoms with van der Waals surface area (Å²) in [5.41, 5.74) is 10.5. The molecule has 0 bridgehead atoms. The van der Waals surface area contributed by atoms with Crippen molar-refractivity contribution in [2.45, 2.75) is 59.5 Å². The number of nitrogens with zero attached hydrogens (tertiary/aromatic N) is 4. The predicted octanol–water partition coefficient (Wildman–Crippen LogP) is 8.51. The summed E-state index contributed by atoms with van der Waals surface area (Å²) in [4.78, 5) is 27.8. The minimum Gasteiger partial charge on any atom is -0.488 e. The van der Waals surface area contributed by atoms with E-state index in [1.807, 2.05) is 43.3 Å². The molecule has 0 aliphatic rings. The molecule has 4 aromatic carbocycles. The van der Waals surface area contributed by atoms with E-state index in [9.17, 15) is 15.0 Å². The zero-order valence-corrected chi connectivity index (χ0v) is 37.4.